The summed E-state index contributed by atoms with van der Waals surface area (Å²) in [5, 5.41) is 0. The molecule has 1 heterocycles. The molecule has 194 valence electrons. The van der Waals surface area contributed by atoms with E-state index in [9.17, 15) is 9.59 Å². The number of rotatable bonds is 8. The van der Waals surface area contributed by atoms with Gasteiger partial charge in [-0.2, -0.15) is 0 Å². The van der Waals surface area contributed by atoms with E-state index in [1.165, 1.54) is 10.5 Å². The van der Waals surface area contributed by atoms with Gasteiger partial charge in [0.1, 0.15) is 5.75 Å². The first kappa shape index (κ1) is 26.3. The Morgan fingerprint density at radius 1 is 1.03 bits per heavy atom. The van der Waals surface area contributed by atoms with E-state index in [1.54, 1.807) is 38.5 Å². The summed E-state index contributed by atoms with van der Waals surface area (Å²) in [6.45, 7) is 3.66. The first-order chi connectivity index (χ1) is 17.5. The van der Waals surface area contributed by atoms with Crippen molar-refractivity contribution in [1.29, 1.82) is 0 Å². The van der Waals surface area contributed by atoms with Gasteiger partial charge in [0, 0.05) is 52.7 Å². The van der Waals surface area contributed by atoms with Crippen LogP contribution in [0.15, 0.2) is 60.7 Å². The molecule has 2 amide bonds. The van der Waals surface area contributed by atoms with E-state index in [2.05, 4.69) is 17.0 Å². The second-order valence-corrected chi connectivity index (χ2v) is 9.91. The van der Waals surface area contributed by atoms with Gasteiger partial charge in [-0.25, -0.2) is 9.69 Å². The fourth-order valence-corrected chi connectivity index (χ4v) is 5.83. The highest BCUT2D eigenvalue weighted by Crippen LogP contribution is 2.44. The molecule has 7 nitrogen and oxygen atoms in total. The molecule has 1 saturated heterocycles. The van der Waals surface area contributed by atoms with E-state index in [-0.39, 0.29) is 17.7 Å². The summed E-state index contributed by atoms with van der Waals surface area (Å²) >= 11 is 0. The highest BCUT2D eigenvalue weighted by atomic mass is 16.7. The number of amides is 2. The Hall–Kier alpha value is -2.74. The van der Waals surface area contributed by atoms with E-state index < -0.39 is 11.9 Å². The molecule has 0 aromatic heterocycles. The van der Waals surface area contributed by atoms with Gasteiger partial charge in [0.2, 0.25) is 5.91 Å². The molecule has 1 aliphatic carbocycles. The lowest BCUT2D eigenvalue weighted by Crippen LogP contribution is -2.57. The van der Waals surface area contributed by atoms with E-state index in [4.69, 9.17) is 14.2 Å². The number of hydrogen-bond donors (Lipinski definition) is 0. The molecule has 1 saturated carbocycles. The number of carbonyl (C=O) groups excluding carboxylic acids is 2. The van der Waals surface area contributed by atoms with Crippen LogP contribution in [0.1, 0.15) is 44.6 Å². The molecule has 0 spiro atoms. The number of hydrogen-bond acceptors (Lipinski definition) is 6. The smallest absolute Gasteiger partial charge is 0.410 e. The Kier molecular flexibility index (Phi) is 8.77. The van der Waals surface area contributed by atoms with Crippen molar-refractivity contribution in [2.45, 2.75) is 57.4 Å². The SMILES string of the molecule is CCCN(C(=O)Oc1ccccc1)C(=O)[C@@H]1C[C@@H]2CC(OC)(OC)CC[C@H]2N(Cc2ccccc2)C1. The highest BCUT2D eigenvalue weighted by Gasteiger charge is 2.48. The number of imide groups is 1. The fourth-order valence-electron chi connectivity index (χ4n) is 5.83. The summed E-state index contributed by atoms with van der Waals surface area (Å²) in [4.78, 5) is 30.6. The van der Waals surface area contributed by atoms with Crippen molar-refractivity contribution in [3.63, 3.8) is 0 Å². The van der Waals surface area contributed by atoms with Crippen LogP contribution < -0.4 is 4.74 Å². The number of nitrogens with zero attached hydrogens (tertiary/aromatic N) is 2. The van der Waals surface area contributed by atoms with Crippen LogP contribution in [0.3, 0.4) is 0 Å². The minimum atomic E-state index is -0.625. The number of carbonyl (C=O) groups is 2. The number of methoxy groups -OCH3 is 2. The molecule has 2 aliphatic rings. The first-order valence-electron chi connectivity index (χ1n) is 12.9. The summed E-state index contributed by atoms with van der Waals surface area (Å²) in [5.74, 6) is -0.448. The van der Waals surface area contributed by atoms with Crippen molar-refractivity contribution in [2.75, 3.05) is 27.3 Å². The van der Waals surface area contributed by atoms with Crippen molar-refractivity contribution < 1.29 is 23.8 Å². The topological polar surface area (TPSA) is 68.3 Å². The van der Waals surface area contributed by atoms with Crippen molar-refractivity contribution in [1.82, 2.24) is 9.80 Å². The van der Waals surface area contributed by atoms with Crippen LogP contribution in [0, 0.1) is 11.8 Å². The number of piperidine rings is 1. The lowest BCUT2D eigenvalue weighted by Gasteiger charge is -2.51. The van der Waals surface area contributed by atoms with Crippen molar-refractivity contribution in [2.24, 2.45) is 11.8 Å². The third-order valence-corrected chi connectivity index (χ3v) is 7.65. The molecule has 0 radical (unpaired) electrons. The number of fused-ring (bicyclic) bond motifs is 1. The second kappa shape index (κ2) is 12.0. The predicted molar refractivity (Wildman–Crippen MR) is 137 cm³/mol. The monoisotopic (exact) mass is 494 g/mol. The number of likely N-dealkylation sites (tertiary alicyclic amines) is 1. The Bertz CT molecular complexity index is 995. The maximum Gasteiger partial charge on any atom is 0.421 e. The van der Waals surface area contributed by atoms with Gasteiger partial charge in [0.15, 0.2) is 5.79 Å². The largest absolute Gasteiger partial charge is 0.421 e. The molecule has 2 aromatic rings. The van der Waals surface area contributed by atoms with Gasteiger partial charge in [-0.15, -0.1) is 0 Å². The molecular formula is C29H38N2O5. The molecule has 3 atom stereocenters. The Balaban J connectivity index is 1.56. The van der Waals surface area contributed by atoms with E-state index in [0.717, 1.165) is 25.8 Å². The Morgan fingerprint density at radius 3 is 2.33 bits per heavy atom. The summed E-state index contributed by atoms with van der Waals surface area (Å²) in [5.41, 5.74) is 1.22. The van der Waals surface area contributed by atoms with Crippen LogP contribution >= 0.6 is 0 Å². The molecular weight excluding hydrogens is 456 g/mol. The summed E-state index contributed by atoms with van der Waals surface area (Å²) < 4.78 is 17.2. The van der Waals surface area contributed by atoms with E-state index in [0.29, 0.717) is 37.7 Å². The Labute approximate surface area is 214 Å². The van der Waals surface area contributed by atoms with Gasteiger partial charge in [0.05, 0.1) is 5.92 Å². The normalized spacial score (nSPS) is 23.5. The lowest BCUT2D eigenvalue weighted by molar-refractivity contribution is -0.243. The van der Waals surface area contributed by atoms with E-state index in [1.807, 2.05) is 31.2 Å². The average molecular weight is 495 g/mol. The van der Waals surface area contributed by atoms with Crippen LogP contribution in [0.5, 0.6) is 5.75 Å². The van der Waals surface area contributed by atoms with Crippen LogP contribution in [0.2, 0.25) is 0 Å². The zero-order chi connectivity index (χ0) is 25.5. The second-order valence-electron chi connectivity index (χ2n) is 9.91. The number of para-hydroxylation sites is 1. The summed E-state index contributed by atoms with van der Waals surface area (Å²) in [7, 11) is 3.39. The number of ether oxygens (including phenoxy) is 3. The molecule has 36 heavy (non-hydrogen) atoms. The van der Waals surface area contributed by atoms with Gasteiger partial charge in [-0.3, -0.25) is 9.69 Å². The Morgan fingerprint density at radius 2 is 1.69 bits per heavy atom. The summed E-state index contributed by atoms with van der Waals surface area (Å²) in [6, 6.07) is 19.6. The lowest BCUT2D eigenvalue weighted by atomic mass is 9.72. The molecule has 0 bridgehead atoms. The average Bonchev–Trinajstić information content (AvgIpc) is 2.92. The molecule has 4 rings (SSSR count). The van der Waals surface area contributed by atoms with Crippen LogP contribution in [-0.2, 0) is 20.8 Å². The van der Waals surface area contributed by atoms with Crippen molar-refractivity contribution >= 4 is 12.0 Å². The zero-order valence-corrected chi connectivity index (χ0v) is 21.6. The quantitative estimate of drug-likeness (QED) is 0.476. The van der Waals surface area contributed by atoms with Gasteiger partial charge in [-0.05, 0) is 42.9 Å². The highest BCUT2D eigenvalue weighted by molar-refractivity contribution is 5.94. The maximum absolute atomic E-state index is 13.8. The third kappa shape index (κ3) is 5.97. The molecule has 2 aromatic carbocycles. The molecule has 0 N–H and O–H groups in total. The van der Waals surface area contributed by atoms with Gasteiger partial charge in [0.25, 0.3) is 0 Å². The molecule has 0 unspecified atom stereocenters. The standard InChI is InChI=1S/C29H38N2O5/c1-4-17-31(28(33)36-25-13-9-6-10-14-25)27(32)24-18-23-19-29(34-2,35-3)16-15-26(23)30(21-24)20-22-11-7-5-8-12-22/h5-14,23-24,26H,4,15-21H2,1-3H3/t23-,24-,26-/m1/s1. The molecule has 1 aliphatic heterocycles. The first-order valence-corrected chi connectivity index (χ1v) is 12.9. The minimum absolute atomic E-state index is 0.166. The van der Waals surface area contributed by atoms with Crippen molar-refractivity contribution in [3.8, 4) is 5.75 Å². The molecule has 2 fully saturated rings. The fraction of sp³-hybridized carbons (Fsp3) is 0.517. The van der Waals surface area contributed by atoms with Gasteiger partial charge < -0.3 is 14.2 Å². The van der Waals surface area contributed by atoms with Crippen LogP contribution in [0.4, 0.5) is 4.79 Å². The minimum Gasteiger partial charge on any atom is -0.410 e. The van der Waals surface area contributed by atoms with Crippen LogP contribution in [-0.4, -0.2) is 60.9 Å². The van der Waals surface area contributed by atoms with Crippen molar-refractivity contribution in [3.05, 3.63) is 66.2 Å². The zero-order valence-electron chi connectivity index (χ0n) is 21.6. The van der Waals surface area contributed by atoms with E-state index >= 15 is 0 Å². The number of benzene rings is 2. The predicted octanol–water partition coefficient (Wildman–Crippen LogP) is 5.10. The van der Waals surface area contributed by atoms with Gasteiger partial charge >= 0.3 is 6.09 Å². The summed E-state index contributed by atoms with van der Waals surface area (Å²) in [6.07, 6.45) is 3.23. The third-order valence-electron chi connectivity index (χ3n) is 7.65. The van der Waals surface area contributed by atoms with Crippen LogP contribution in [0.25, 0.3) is 0 Å². The maximum atomic E-state index is 13.8. The molecule has 7 heteroatoms. The van der Waals surface area contributed by atoms with Gasteiger partial charge in [-0.1, -0.05) is 55.5 Å².